The highest BCUT2D eigenvalue weighted by atomic mass is 16.5. The van der Waals surface area contributed by atoms with Crippen LogP contribution < -0.4 is 5.32 Å². The molecule has 0 aromatic carbocycles. The molecule has 3 heteroatoms. The highest BCUT2D eigenvalue weighted by molar-refractivity contribution is 5.75. The topological polar surface area (TPSA) is 38.3 Å². The molecule has 0 aliphatic rings. The van der Waals surface area contributed by atoms with E-state index < -0.39 is 0 Å². The lowest BCUT2D eigenvalue weighted by atomic mass is 10.1. The fourth-order valence-corrected chi connectivity index (χ4v) is 2.33. The predicted molar refractivity (Wildman–Crippen MR) is 85.9 cm³/mol. The Kier molecular flexibility index (Phi) is 14.4. The van der Waals surface area contributed by atoms with E-state index in [1.807, 2.05) is 6.92 Å². The Morgan fingerprint density at radius 2 is 1.50 bits per heavy atom. The molecule has 0 saturated heterocycles. The zero-order chi connectivity index (χ0) is 15.1. The van der Waals surface area contributed by atoms with Gasteiger partial charge in [0.25, 0.3) is 0 Å². The van der Waals surface area contributed by atoms with Crippen LogP contribution in [0.3, 0.4) is 0 Å². The second-order valence-corrected chi connectivity index (χ2v) is 5.52. The first-order valence-electron chi connectivity index (χ1n) is 8.66. The van der Waals surface area contributed by atoms with Gasteiger partial charge in [0, 0.05) is 0 Å². The summed E-state index contributed by atoms with van der Waals surface area (Å²) >= 11 is 0. The lowest BCUT2D eigenvalue weighted by molar-refractivity contribution is -0.145. The van der Waals surface area contributed by atoms with Crippen LogP contribution in [0.4, 0.5) is 0 Å². The van der Waals surface area contributed by atoms with Crippen molar-refractivity contribution in [1.82, 2.24) is 5.32 Å². The van der Waals surface area contributed by atoms with Gasteiger partial charge in [-0.3, -0.25) is 4.79 Å². The van der Waals surface area contributed by atoms with E-state index in [2.05, 4.69) is 19.2 Å². The van der Waals surface area contributed by atoms with Gasteiger partial charge in [-0.1, -0.05) is 65.2 Å². The van der Waals surface area contributed by atoms with Gasteiger partial charge in [-0.25, -0.2) is 0 Å². The summed E-state index contributed by atoms with van der Waals surface area (Å²) in [6.07, 6.45) is 12.0. The molecule has 0 spiro atoms. The molecule has 120 valence electrons. The molecule has 0 aromatic rings. The molecule has 0 saturated carbocycles. The minimum Gasteiger partial charge on any atom is -0.465 e. The summed E-state index contributed by atoms with van der Waals surface area (Å²) in [5.41, 5.74) is 0. The van der Waals surface area contributed by atoms with Crippen LogP contribution in [0.15, 0.2) is 0 Å². The number of carbonyl (C=O) groups is 1. The average Bonchev–Trinajstić information content (AvgIpc) is 2.44. The maximum Gasteiger partial charge on any atom is 0.323 e. The van der Waals surface area contributed by atoms with E-state index in [0.717, 1.165) is 25.8 Å². The van der Waals surface area contributed by atoms with Crippen molar-refractivity contribution in [2.24, 2.45) is 0 Å². The molecule has 0 aliphatic carbocycles. The van der Waals surface area contributed by atoms with Crippen LogP contribution in [-0.4, -0.2) is 25.2 Å². The molecule has 3 nitrogen and oxygen atoms in total. The van der Waals surface area contributed by atoms with Gasteiger partial charge in [0.05, 0.1) is 6.61 Å². The van der Waals surface area contributed by atoms with Crippen molar-refractivity contribution in [3.05, 3.63) is 0 Å². The van der Waals surface area contributed by atoms with E-state index in [-0.39, 0.29) is 12.0 Å². The van der Waals surface area contributed by atoms with Gasteiger partial charge in [-0.05, 0) is 26.3 Å². The maximum atomic E-state index is 11.9. The largest absolute Gasteiger partial charge is 0.465 e. The molecule has 1 atom stereocenters. The number of nitrogens with one attached hydrogen (secondary N) is 1. The number of hydrogen-bond donors (Lipinski definition) is 1. The SMILES string of the molecule is CCCCCCCC(NCCCCCC)C(=O)OCC. The summed E-state index contributed by atoms with van der Waals surface area (Å²) in [5.74, 6) is -0.0708. The molecule has 0 aromatic heterocycles. The second-order valence-electron chi connectivity index (χ2n) is 5.52. The smallest absolute Gasteiger partial charge is 0.323 e. The van der Waals surface area contributed by atoms with E-state index in [9.17, 15) is 4.79 Å². The summed E-state index contributed by atoms with van der Waals surface area (Å²) in [7, 11) is 0. The minimum absolute atomic E-state index is 0.0708. The maximum absolute atomic E-state index is 11.9. The Bertz CT molecular complexity index is 205. The molecule has 1 N–H and O–H groups in total. The van der Waals surface area contributed by atoms with Crippen LogP contribution in [-0.2, 0) is 9.53 Å². The van der Waals surface area contributed by atoms with Gasteiger partial charge in [0.2, 0.25) is 0 Å². The molecular weight excluding hydrogens is 250 g/mol. The summed E-state index contributed by atoms with van der Waals surface area (Å²) in [6.45, 7) is 7.71. The molecule has 0 radical (unpaired) electrons. The van der Waals surface area contributed by atoms with Gasteiger partial charge in [0.1, 0.15) is 6.04 Å². The van der Waals surface area contributed by atoms with Crippen molar-refractivity contribution in [2.75, 3.05) is 13.2 Å². The van der Waals surface area contributed by atoms with Gasteiger partial charge in [-0.15, -0.1) is 0 Å². The third-order valence-corrected chi connectivity index (χ3v) is 3.59. The van der Waals surface area contributed by atoms with E-state index >= 15 is 0 Å². The first-order chi connectivity index (χ1) is 9.76. The Morgan fingerprint density at radius 1 is 0.900 bits per heavy atom. The molecule has 0 rings (SSSR count). The van der Waals surface area contributed by atoms with Gasteiger partial charge < -0.3 is 10.1 Å². The molecule has 0 heterocycles. The summed E-state index contributed by atoms with van der Waals surface area (Å²) in [6, 6.07) is -0.0989. The number of esters is 1. The van der Waals surface area contributed by atoms with Crippen LogP contribution >= 0.6 is 0 Å². The van der Waals surface area contributed by atoms with Crippen LogP contribution in [0.1, 0.15) is 85.0 Å². The number of hydrogen-bond acceptors (Lipinski definition) is 3. The van der Waals surface area contributed by atoms with E-state index in [0.29, 0.717) is 6.61 Å². The van der Waals surface area contributed by atoms with Crippen LogP contribution in [0.25, 0.3) is 0 Å². The zero-order valence-electron chi connectivity index (χ0n) is 13.9. The van der Waals surface area contributed by atoms with Crippen molar-refractivity contribution in [2.45, 2.75) is 91.0 Å². The van der Waals surface area contributed by atoms with Crippen LogP contribution in [0.2, 0.25) is 0 Å². The minimum atomic E-state index is -0.0989. The monoisotopic (exact) mass is 285 g/mol. The fraction of sp³-hybridized carbons (Fsp3) is 0.941. The third kappa shape index (κ3) is 11.3. The first-order valence-corrected chi connectivity index (χ1v) is 8.66. The first kappa shape index (κ1) is 19.4. The van der Waals surface area contributed by atoms with Crippen molar-refractivity contribution < 1.29 is 9.53 Å². The standard InChI is InChI=1S/C17H35NO2/c1-4-7-9-11-12-14-16(17(19)20-6-3)18-15-13-10-8-5-2/h16,18H,4-15H2,1-3H3. The molecular formula is C17H35NO2. The number of unbranched alkanes of at least 4 members (excludes halogenated alkanes) is 7. The normalized spacial score (nSPS) is 12.3. The number of carbonyl (C=O) groups excluding carboxylic acids is 1. The quantitative estimate of drug-likeness (QED) is 0.378. The summed E-state index contributed by atoms with van der Waals surface area (Å²) in [5, 5.41) is 3.38. The van der Waals surface area contributed by atoms with Crippen molar-refractivity contribution in [1.29, 1.82) is 0 Å². The lowest BCUT2D eigenvalue weighted by Gasteiger charge is -2.17. The Morgan fingerprint density at radius 3 is 2.10 bits per heavy atom. The van der Waals surface area contributed by atoms with Gasteiger partial charge in [-0.2, -0.15) is 0 Å². The van der Waals surface area contributed by atoms with Crippen molar-refractivity contribution in [3.8, 4) is 0 Å². The molecule has 0 fully saturated rings. The predicted octanol–water partition coefficient (Wildman–Crippen LogP) is 4.45. The second kappa shape index (κ2) is 14.8. The number of rotatable bonds is 14. The fourth-order valence-electron chi connectivity index (χ4n) is 2.33. The van der Waals surface area contributed by atoms with Crippen molar-refractivity contribution >= 4 is 5.97 Å². The average molecular weight is 285 g/mol. The molecule has 0 amide bonds. The van der Waals surface area contributed by atoms with Gasteiger partial charge in [0.15, 0.2) is 0 Å². The van der Waals surface area contributed by atoms with E-state index in [1.165, 1.54) is 44.9 Å². The molecule has 1 unspecified atom stereocenters. The summed E-state index contributed by atoms with van der Waals surface area (Å²) < 4.78 is 5.16. The Balaban J connectivity index is 3.85. The van der Waals surface area contributed by atoms with E-state index in [4.69, 9.17) is 4.74 Å². The van der Waals surface area contributed by atoms with Gasteiger partial charge >= 0.3 is 5.97 Å². The van der Waals surface area contributed by atoms with Crippen LogP contribution in [0.5, 0.6) is 0 Å². The molecule has 0 aliphatic heterocycles. The van der Waals surface area contributed by atoms with E-state index in [1.54, 1.807) is 0 Å². The molecule has 0 bridgehead atoms. The zero-order valence-corrected chi connectivity index (χ0v) is 13.9. The van der Waals surface area contributed by atoms with Crippen LogP contribution in [0, 0.1) is 0 Å². The van der Waals surface area contributed by atoms with Crippen molar-refractivity contribution in [3.63, 3.8) is 0 Å². The third-order valence-electron chi connectivity index (χ3n) is 3.59. The Labute approximate surface area is 125 Å². The lowest BCUT2D eigenvalue weighted by Crippen LogP contribution is -2.38. The number of ether oxygens (including phenoxy) is 1. The Hall–Kier alpha value is -0.570. The highest BCUT2D eigenvalue weighted by Gasteiger charge is 2.18. The summed E-state index contributed by atoms with van der Waals surface area (Å²) in [4.78, 5) is 11.9. The highest BCUT2D eigenvalue weighted by Crippen LogP contribution is 2.09. The molecule has 20 heavy (non-hydrogen) atoms.